The summed E-state index contributed by atoms with van der Waals surface area (Å²) >= 11 is 0. The first kappa shape index (κ1) is 12.6. The molecule has 3 N–H and O–H groups in total. The summed E-state index contributed by atoms with van der Waals surface area (Å²) in [6.07, 6.45) is 2.93. The second-order valence-electron chi connectivity index (χ2n) is 4.29. The molecule has 2 aromatic rings. The molecule has 2 rings (SSSR count). The summed E-state index contributed by atoms with van der Waals surface area (Å²) in [5, 5.41) is 3.25. The zero-order chi connectivity index (χ0) is 12.8. The van der Waals surface area contributed by atoms with Crippen molar-refractivity contribution in [2.75, 3.05) is 11.9 Å². The second-order valence-corrected chi connectivity index (χ2v) is 4.29. The van der Waals surface area contributed by atoms with Crippen molar-refractivity contribution < 1.29 is 0 Å². The minimum absolute atomic E-state index is 0.112. The van der Waals surface area contributed by atoms with E-state index in [1.807, 2.05) is 48.7 Å². The number of benzene rings is 1. The maximum atomic E-state index is 6.21. The van der Waals surface area contributed by atoms with Gasteiger partial charge in [0.05, 0.1) is 6.04 Å². The molecule has 0 amide bonds. The zero-order valence-electron chi connectivity index (χ0n) is 10.6. The Kier molecular flexibility index (Phi) is 4.31. The normalized spacial score (nSPS) is 12.1. The lowest BCUT2D eigenvalue weighted by molar-refractivity contribution is 0.862. The van der Waals surface area contributed by atoms with Gasteiger partial charge >= 0.3 is 0 Å². The Balaban J connectivity index is 2.09. The molecular weight excluding hydrogens is 222 g/mol. The topological polar surface area (TPSA) is 50.9 Å². The number of aromatic nitrogens is 1. The summed E-state index contributed by atoms with van der Waals surface area (Å²) in [5.41, 5.74) is 8.34. The van der Waals surface area contributed by atoms with Crippen LogP contribution in [0.25, 0.3) is 0 Å². The molecule has 94 valence electrons. The lowest BCUT2D eigenvalue weighted by Crippen LogP contribution is -2.12. The van der Waals surface area contributed by atoms with Crippen LogP contribution in [-0.4, -0.2) is 11.5 Å². The van der Waals surface area contributed by atoms with E-state index in [4.69, 9.17) is 5.73 Å². The van der Waals surface area contributed by atoms with E-state index in [1.54, 1.807) is 0 Å². The van der Waals surface area contributed by atoms with Crippen molar-refractivity contribution in [3.8, 4) is 0 Å². The Morgan fingerprint density at radius 2 is 1.89 bits per heavy atom. The van der Waals surface area contributed by atoms with Gasteiger partial charge in [0.1, 0.15) is 5.82 Å². The highest BCUT2D eigenvalue weighted by molar-refractivity contribution is 5.38. The Labute approximate surface area is 108 Å². The van der Waals surface area contributed by atoms with Crippen LogP contribution in [0.15, 0.2) is 48.7 Å². The van der Waals surface area contributed by atoms with Crippen molar-refractivity contribution in [3.05, 3.63) is 59.8 Å². The number of nitrogens with two attached hydrogens (primary N) is 1. The Hall–Kier alpha value is -1.87. The number of hydrogen-bond donors (Lipinski definition) is 2. The predicted molar refractivity (Wildman–Crippen MR) is 75.5 cm³/mol. The van der Waals surface area contributed by atoms with Crippen molar-refractivity contribution in [1.29, 1.82) is 0 Å². The van der Waals surface area contributed by atoms with E-state index in [9.17, 15) is 0 Å². The van der Waals surface area contributed by atoms with Gasteiger partial charge in [-0.1, -0.05) is 43.3 Å². The number of nitrogens with zero attached hydrogens (tertiary/aromatic N) is 1. The first-order valence-electron chi connectivity index (χ1n) is 6.31. The average Bonchev–Trinajstić information content (AvgIpc) is 2.46. The van der Waals surface area contributed by atoms with E-state index >= 15 is 0 Å². The first-order chi connectivity index (χ1) is 8.81. The van der Waals surface area contributed by atoms with Crippen LogP contribution in [0.4, 0.5) is 5.82 Å². The minimum atomic E-state index is -0.112. The van der Waals surface area contributed by atoms with Gasteiger partial charge in [-0.05, 0) is 23.6 Å². The SMILES string of the molecule is CCCNc1ccc([C@H](N)c2ccccc2)cn1. The summed E-state index contributed by atoms with van der Waals surface area (Å²) in [6.45, 7) is 3.07. The molecule has 3 nitrogen and oxygen atoms in total. The predicted octanol–water partition coefficient (Wildman–Crippen LogP) is 2.95. The minimum Gasteiger partial charge on any atom is -0.370 e. The number of hydrogen-bond acceptors (Lipinski definition) is 3. The van der Waals surface area contributed by atoms with Crippen LogP contribution >= 0.6 is 0 Å². The van der Waals surface area contributed by atoms with Crippen LogP contribution < -0.4 is 11.1 Å². The van der Waals surface area contributed by atoms with Gasteiger partial charge in [0.25, 0.3) is 0 Å². The van der Waals surface area contributed by atoms with Crippen LogP contribution in [0, 0.1) is 0 Å². The Morgan fingerprint density at radius 1 is 1.11 bits per heavy atom. The van der Waals surface area contributed by atoms with E-state index < -0.39 is 0 Å². The maximum Gasteiger partial charge on any atom is 0.125 e. The molecule has 0 saturated carbocycles. The van der Waals surface area contributed by atoms with E-state index in [-0.39, 0.29) is 6.04 Å². The summed E-state index contributed by atoms with van der Waals surface area (Å²) in [6, 6.07) is 14.0. The fraction of sp³-hybridized carbons (Fsp3) is 0.267. The quantitative estimate of drug-likeness (QED) is 0.846. The number of pyridine rings is 1. The fourth-order valence-electron chi connectivity index (χ4n) is 1.80. The molecule has 18 heavy (non-hydrogen) atoms. The van der Waals surface area contributed by atoms with E-state index in [1.165, 1.54) is 0 Å². The molecule has 0 fully saturated rings. The molecule has 0 unspecified atom stereocenters. The van der Waals surface area contributed by atoms with Gasteiger partial charge in [0.15, 0.2) is 0 Å². The van der Waals surface area contributed by atoms with Crippen LogP contribution in [0.2, 0.25) is 0 Å². The standard InChI is InChI=1S/C15H19N3/c1-2-10-17-14-9-8-13(11-18-14)15(16)12-6-4-3-5-7-12/h3-9,11,15H,2,10,16H2,1H3,(H,17,18)/t15-/m1/s1. The molecule has 0 aliphatic rings. The summed E-state index contributed by atoms with van der Waals surface area (Å²) in [4.78, 5) is 4.37. The highest BCUT2D eigenvalue weighted by Crippen LogP contribution is 2.19. The highest BCUT2D eigenvalue weighted by Gasteiger charge is 2.08. The summed E-state index contributed by atoms with van der Waals surface area (Å²) in [7, 11) is 0. The van der Waals surface area contributed by atoms with Gasteiger partial charge in [-0.3, -0.25) is 0 Å². The molecule has 0 bridgehead atoms. The molecule has 0 spiro atoms. The van der Waals surface area contributed by atoms with Crippen molar-refractivity contribution in [3.63, 3.8) is 0 Å². The van der Waals surface area contributed by atoms with Crippen LogP contribution in [0.3, 0.4) is 0 Å². The molecule has 1 aromatic heterocycles. The number of anilines is 1. The van der Waals surface area contributed by atoms with Crippen LogP contribution in [-0.2, 0) is 0 Å². The van der Waals surface area contributed by atoms with E-state index in [0.29, 0.717) is 0 Å². The average molecular weight is 241 g/mol. The fourth-order valence-corrected chi connectivity index (χ4v) is 1.80. The molecule has 1 aromatic carbocycles. The lowest BCUT2D eigenvalue weighted by atomic mass is 10.0. The van der Waals surface area contributed by atoms with E-state index in [2.05, 4.69) is 17.2 Å². The van der Waals surface area contributed by atoms with Gasteiger partial charge in [-0.15, -0.1) is 0 Å². The maximum absolute atomic E-state index is 6.21. The monoisotopic (exact) mass is 241 g/mol. The van der Waals surface area contributed by atoms with Gasteiger partial charge in [-0.2, -0.15) is 0 Å². The van der Waals surface area contributed by atoms with E-state index in [0.717, 1.165) is 29.9 Å². The summed E-state index contributed by atoms with van der Waals surface area (Å²) in [5.74, 6) is 0.904. The molecular formula is C15H19N3. The second kappa shape index (κ2) is 6.17. The van der Waals surface area contributed by atoms with Gasteiger partial charge in [0.2, 0.25) is 0 Å². The molecule has 1 heterocycles. The van der Waals surface area contributed by atoms with Crippen LogP contribution in [0.1, 0.15) is 30.5 Å². The summed E-state index contributed by atoms with van der Waals surface area (Å²) < 4.78 is 0. The number of rotatable bonds is 5. The largest absolute Gasteiger partial charge is 0.370 e. The van der Waals surface area contributed by atoms with Gasteiger partial charge < -0.3 is 11.1 Å². The zero-order valence-corrected chi connectivity index (χ0v) is 10.6. The molecule has 3 heteroatoms. The first-order valence-corrected chi connectivity index (χ1v) is 6.31. The molecule has 1 atom stereocenters. The molecule has 0 aliphatic heterocycles. The van der Waals surface area contributed by atoms with Crippen molar-refractivity contribution in [2.45, 2.75) is 19.4 Å². The molecule has 0 radical (unpaired) electrons. The molecule has 0 aliphatic carbocycles. The third-order valence-corrected chi connectivity index (χ3v) is 2.86. The number of nitrogens with one attached hydrogen (secondary N) is 1. The van der Waals surface area contributed by atoms with Crippen molar-refractivity contribution in [2.24, 2.45) is 5.73 Å². The van der Waals surface area contributed by atoms with Gasteiger partial charge in [-0.25, -0.2) is 4.98 Å². The van der Waals surface area contributed by atoms with Crippen molar-refractivity contribution in [1.82, 2.24) is 4.98 Å². The van der Waals surface area contributed by atoms with Gasteiger partial charge in [0, 0.05) is 12.7 Å². The Bertz CT molecular complexity index is 465. The lowest BCUT2D eigenvalue weighted by Gasteiger charge is -2.12. The van der Waals surface area contributed by atoms with Crippen molar-refractivity contribution >= 4 is 5.82 Å². The highest BCUT2D eigenvalue weighted by atomic mass is 15.0. The van der Waals surface area contributed by atoms with Crippen LogP contribution in [0.5, 0.6) is 0 Å². The third kappa shape index (κ3) is 3.08. The Morgan fingerprint density at radius 3 is 2.50 bits per heavy atom. The molecule has 0 saturated heterocycles. The smallest absolute Gasteiger partial charge is 0.125 e. The third-order valence-electron chi connectivity index (χ3n) is 2.86.